The maximum absolute atomic E-state index is 12.9. The number of hydrogen-bond acceptors (Lipinski definition) is 5. The molecule has 1 aromatic heterocycles. The standard InChI is InChI=1S/C22H24N4O4/c1-29-18-11-8-16(14-19(18)30-2)21(27)23-12-13-25-22(28)26(17-9-10-17)20(24-25)15-6-4-3-5-7-15/h3-8,11,14,17H,9-10,12-13H2,1-2H3,(H,23,27). The van der Waals surface area contributed by atoms with Gasteiger partial charge in [-0.3, -0.25) is 9.36 Å². The molecule has 0 radical (unpaired) electrons. The minimum atomic E-state index is -0.256. The van der Waals surface area contributed by atoms with Crippen molar-refractivity contribution in [2.75, 3.05) is 20.8 Å². The maximum Gasteiger partial charge on any atom is 0.346 e. The van der Waals surface area contributed by atoms with Crippen molar-refractivity contribution in [1.82, 2.24) is 19.7 Å². The molecule has 30 heavy (non-hydrogen) atoms. The minimum absolute atomic E-state index is 0.142. The van der Waals surface area contributed by atoms with Gasteiger partial charge in [-0.2, -0.15) is 0 Å². The van der Waals surface area contributed by atoms with E-state index in [1.54, 1.807) is 29.9 Å². The van der Waals surface area contributed by atoms with Crippen LogP contribution in [0.4, 0.5) is 0 Å². The molecule has 0 bridgehead atoms. The first-order valence-corrected chi connectivity index (χ1v) is 9.87. The topological polar surface area (TPSA) is 87.4 Å². The van der Waals surface area contributed by atoms with E-state index in [9.17, 15) is 9.59 Å². The molecule has 1 aliphatic rings. The molecule has 0 spiro atoms. The number of nitrogens with one attached hydrogen (secondary N) is 1. The smallest absolute Gasteiger partial charge is 0.346 e. The Morgan fingerprint density at radius 1 is 1.10 bits per heavy atom. The highest BCUT2D eigenvalue weighted by atomic mass is 16.5. The van der Waals surface area contributed by atoms with Crippen molar-refractivity contribution in [2.24, 2.45) is 0 Å². The van der Waals surface area contributed by atoms with E-state index in [-0.39, 0.29) is 30.7 Å². The number of aromatic nitrogens is 3. The summed E-state index contributed by atoms with van der Waals surface area (Å²) in [5.74, 6) is 1.46. The zero-order valence-corrected chi connectivity index (χ0v) is 17.0. The average molecular weight is 408 g/mol. The van der Waals surface area contributed by atoms with Gasteiger partial charge in [0, 0.05) is 23.7 Å². The lowest BCUT2D eigenvalue weighted by Crippen LogP contribution is -2.32. The van der Waals surface area contributed by atoms with Crippen molar-refractivity contribution >= 4 is 5.91 Å². The molecule has 0 saturated heterocycles. The van der Waals surface area contributed by atoms with Gasteiger partial charge in [-0.05, 0) is 31.0 Å². The van der Waals surface area contributed by atoms with Crippen LogP contribution in [0.2, 0.25) is 0 Å². The third kappa shape index (κ3) is 3.94. The molecular weight excluding hydrogens is 384 g/mol. The summed E-state index contributed by atoms with van der Waals surface area (Å²) in [6, 6.07) is 14.9. The lowest BCUT2D eigenvalue weighted by Gasteiger charge is -2.10. The summed E-state index contributed by atoms with van der Waals surface area (Å²) >= 11 is 0. The second-order valence-corrected chi connectivity index (χ2v) is 7.12. The Balaban J connectivity index is 1.47. The van der Waals surface area contributed by atoms with Crippen molar-refractivity contribution in [1.29, 1.82) is 0 Å². The molecule has 1 saturated carbocycles. The van der Waals surface area contributed by atoms with Crippen molar-refractivity contribution in [3.05, 3.63) is 64.6 Å². The first kappa shape index (κ1) is 19.8. The fraction of sp³-hybridized carbons (Fsp3) is 0.318. The lowest BCUT2D eigenvalue weighted by molar-refractivity contribution is 0.0951. The highest BCUT2D eigenvalue weighted by molar-refractivity contribution is 5.94. The summed E-state index contributed by atoms with van der Waals surface area (Å²) in [6.07, 6.45) is 1.98. The second kappa shape index (κ2) is 8.44. The molecule has 1 fully saturated rings. The molecule has 2 aromatic carbocycles. The molecule has 4 rings (SSSR count). The fourth-order valence-electron chi connectivity index (χ4n) is 3.37. The molecule has 3 aromatic rings. The summed E-state index contributed by atoms with van der Waals surface area (Å²) < 4.78 is 13.6. The zero-order chi connectivity index (χ0) is 21.1. The third-order valence-corrected chi connectivity index (χ3v) is 5.07. The van der Waals surface area contributed by atoms with E-state index in [4.69, 9.17) is 9.47 Å². The van der Waals surface area contributed by atoms with E-state index in [1.807, 2.05) is 30.3 Å². The summed E-state index contributed by atoms with van der Waals surface area (Å²) in [6.45, 7) is 0.570. The van der Waals surface area contributed by atoms with Crippen molar-refractivity contribution < 1.29 is 14.3 Å². The van der Waals surface area contributed by atoms with Crippen LogP contribution in [-0.4, -0.2) is 41.0 Å². The van der Waals surface area contributed by atoms with Crippen LogP contribution in [0.5, 0.6) is 11.5 Å². The van der Waals surface area contributed by atoms with Crippen LogP contribution in [-0.2, 0) is 6.54 Å². The van der Waals surface area contributed by atoms with Gasteiger partial charge in [0.15, 0.2) is 17.3 Å². The van der Waals surface area contributed by atoms with Gasteiger partial charge in [-0.25, -0.2) is 9.48 Å². The number of carbonyl (C=O) groups is 1. The molecule has 156 valence electrons. The van der Waals surface area contributed by atoms with Crippen LogP contribution in [0.1, 0.15) is 29.2 Å². The number of benzene rings is 2. The van der Waals surface area contributed by atoms with E-state index in [0.717, 1.165) is 18.4 Å². The largest absolute Gasteiger partial charge is 0.493 e. The summed E-state index contributed by atoms with van der Waals surface area (Å²) in [5.41, 5.74) is 1.22. The molecule has 0 atom stereocenters. The van der Waals surface area contributed by atoms with E-state index < -0.39 is 0 Å². The number of rotatable bonds is 8. The summed E-state index contributed by atoms with van der Waals surface area (Å²) in [4.78, 5) is 25.3. The Bertz CT molecular complexity index is 1100. The predicted octanol–water partition coefficient (Wildman–Crippen LogP) is 2.49. The fourth-order valence-corrected chi connectivity index (χ4v) is 3.37. The number of methoxy groups -OCH3 is 2. The minimum Gasteiger partial charge on any atom is -0.493 e. The Hall–Kier alpha value is -3.55. The highest BCUT2D eigenvalue weighted by Gasteiger charge is 2.30. The molecular formula is C22H24N4O4. The SMILES string of the molecule is COc1ccc(C(=O)NCCn2nc(-c3ccccc3)n(C3CC3)c2=O)cc1OC. The van der Waals surface area contributed by atoms with Gasteiger partial charge in [0.2, 0.25) is 0 Å². The zero-order valence-electron chi connectivity index (χ0n) is 17.0. The van der Waals surface area contributed by atoms with E-state index >= 15 is 0 Å². The number of hydrogen-bond donors (Lipinski definition) is 1. The van der Waals surface area contributed by atoms with Gasteiger partial charge in [-0.15, -0.1) is 5.10 Å². The van der Waals surface area contributed by atoms with Crippen molar-refractivity contribution in [2.45, 2.75) is 25.4 Å². The Morgan fingerprint density at radius 2 is 1.83 bits per heavy atom. The third-order valence-electron chi connectivity index (χ3n) is 5.07. The van der Waals surface area contributed by atoms with Gasteiger partial charge in [0.25, 0.3) is 5.91 Å². The molecule has 1 amide bonds. The Morgan fingerprint density at radius 3 is 2.50 bits per heavy atom. The van der Waals surface area contributed by atoms with Crippen LogP contribution in [0.25, 0.3) is 11.4 Å². The number of amides is 1. The van der Waals surface area contributed by atoms with E-state index in [0.29, 0.717) is 22.9 Å². The first-order chi connectivity index (χ1) is 14.6. The van der Waals surface area contributed by atoms with Gasteiger partial charge in [0.05, 0.1) is 20.8 Å². The van der Waals surface area contributed by atoms with Crippen LogP contribution in [0.15, 0.2) is 53.3 Å². The van der Waals surface area contributed by atoms with Gasteiger partial charge >= 0.3 is 5.69 Å². The van der Waals surface area contributed by atoms with Crippen molar-refractivity contribution in [3.63, 3.8) is 0 Å². The lowest BCUT2D eigenvalue weighted by atomic mass is 10.2. The van der Waals surface area contributed by atoms with E-state index in [1.165, 1.54) is 11.8 Å². The molecule has 1 N–H and O–H groups in total. The van der Waals surface area contributed by atoms with Crippen LogP contribution in [0, 0.1) is 0 Å². The molecule has 1 heterocycles. The Labute approximate surface area is 174 Å². The second-order valence-electron chi connectivity index (χ2n) is 7.12. The molecule has 1 aliphatic carbocycles. The van der Waals surface area contributed by atoms with Crippen LogP contribution >= 0.6 is 0 Å². The molecule has 0 unspecified atom stereocenters. The quantitative estimate of drug-likeness (QED) is 0.619. The highest BCUT2D eigenvalue weighted by Crippen LogP contribution is 2.36. The van der Waals surface area contributed by atoms with Crippen LogP contribution in [0.3, 0.4) is 0 Å². The molecule has 8 heteroatoms. The van der Waals surface area contributed by atoms with Gasteiger partial charge in [-0.1, -0.05) is 30.3 Å². The molecule has 8 nitrogen and oxygen atoms in total. The van der Waals surface area contributed by atoms with Crippen molar-refractivity contribution in [3.8, 4) is 22.9 Å². The predicted molar refractivity (Wildman–Crippen MR) is 112 cm³/mol. The van der Waals surface area contributed by atoms with Gasteiger partial charge < -0.3 is 14.8 Å². The monoisotopic (exact) mass is 408 g/mol. The first-order valence-electron chi connectivity index (χ1n) is 9.87. The number of ether oxygens (including phenoxy) is 2. The molecule has 0 aliphatic heterocycles. The van der Waals surface area contributed by atoms with Gasteiger partial charge in [0.1, 0.15) is 0 Å². The van der Waals surface area contributed by atoms with E-state index in [2.05, 4.69) is 10.4 Å². The normalized spacial score (nSPS) is 13.1. The Kier molecular flexibility index (Phi) is 5.56. The summed E-state index contributed by atoms with van der Waals surface area (Å²) in [5, 5.41) is 7.37. The number of carbonyl (C=O) groups excluding carboxylic acids is 1. The summed E-state index contributed by atoms with van der Waals surface area (Å²) in [7, 11) is 3.06. The maximum atomic E-state index is 12.9. The number of nitrogens with zero attached hydrogens (tertiary/aromatic N) is 3. The average Bonchev–Trinajstić information content (AvgIpc) is 3.57. The van der Waals surface area contributed by atoms with Crippen LogP contribution < -0.4 is 20.5 Å².